The molecular weight excluding hydrogens is 621 g/mol. The van der Waals surface area contributed by atoms with Crippen LogP contribution in [0.3, 0.4) is 0 Å². The molecule has 3 nitrogen and oxygen atoms in total. The molecule has 0 fully saturated rings. The van der Waals surface area contributed by atoms with Gasteiger partial charge < -0.3 is 14.2 Å². The van der Waals surface area contributed by atoms with Crippen molar-refractivity contribution < 1.29 is 4.42 Å². The summed E-state index contributed by atoms with van der Waals surface area (Å²) in [5.41, 5.74) is 10.1. The molecule has 240 valence electrons. The first-order chi connectivity index (χ1) is 25.3. The Labute approximate surface area is 295 Å². The van der Waals surface area contributed by atoms with Crippen molar-refractivity contribution in [2.24, 2.45) is 0 Å². The molecule has 1 aliphatic heterocycles. The lowest BCUT2D eigenvalue weighted by atomic mass is 9.95. The van der Waals surface area contributed by atoms with Gasteiger partial charge in [0.2, 0.25) is 0 Å². The fourth-order valence-corrected chi connectivity index (χ4v) is 8.56. The van der Waals surface area contributed by atoms with Gasteiger partial charge in [0.1, 0.15) is 11.2 Å². The number of para-hydroxylation sites is 2. The zero-order valence-electron chi connectivity index (χ0n) is 27.8. The van der Waals surface area contributed by atoms with Crippen LogP contribution in [0.1, 0.15) is 12.0 Å². The third-order valence-electron chi connectivity index (χ3n) is 10.9. The largest absolute Gasteiger partial charge is 0.456 e. The van der Waals surface area contributed by atoms with E-state index in [-0.39, 0.29) is 6.04 Å². The molecule has 1 atom stereocenters. The molecule has 11 rings (SSSR count). The van der Waals surface area contributed by atoms with Crippen LogP contribution in [0.2, 0.25) is 0 Å². The summed E-state index contributed by atoms with van der Waals surface area (Å²) in [7, 11) is 0. The highest BCUT2D eigenvalue weighted by Crippen LogP contribution is 2.50. The summed E-state index contributed by atoms with van der Waals surface area (Å²) < 4.78 is 6.45. The van der Waals surface area contributed by atoms with E-state index >= 15 is 0 Å². The van der Waals surface area contributed by atoms with Crippen molar-refractivity contribution in [1.29, 1.82) is 0 Å². The second kappa shape index (κ2) is 11.0. The summed E-state index contributed by atoms with van der Waals surface area (Å²) in [6.45, 7) is 0. The molecule has 1 unspecified atom stereocenters. The van der Waals surface area contributed by atoms with Gasteiger partial charge in [0.05, 0.1) is 11.7 Å². The zero-order chi connectivity index (χ0) is 33.5. The minimum Gasteiger partial charge on any atom is -0.456 e. The van der Waals surface area contributed by atoms with E-state index in [9.17, 15) is 0 Å². The number of hydrogen-bond acceptors (Lipinski definition) is 3. The van der Waals surface area contributed by atoms with Gasteiger partial charge in [-0.1, -0.05) is 115 Å². The predicted molar refractivity (Wildman–Crippen MR) is 215 cm³/mol. The summed E-state index contributed by atoms with van der Waals surface area (Å²) in [5, 5.41) is 9.78. The van der Waals surface area contributed by atoms with E-state index in [2.05, 4.69) is 174 Å². The average Bonchev–Trinajstić information content (AvgIpc) is 3.73. The van der Waals surface area contributed by atoms with Crippen LogP contribution >= 0.6 is 0 Å². The molecular formula is C48H32N2O. The van der Waals surface area contributed by atoms with Crippen LogP contribution in [0.5, 0.6) is 0 Å². The van der Waals surface area contributed by atoms with E-state index in [1.165, 1.54) is 54.8 Å². The van der Waals surface area contributed by atoms with Crippen LogP contribution in [0, 0.1) is 0 Å². The molecule has 0 bridgehead atoms. The first-order valence-electron chi connectivity index (χ1n) is 17.7. The number of anilines is 5. The molecule has 0 radical (unpaired) electrons. The van der Waals surface area contributed by atoms with Crippen molar-refractivity contribution in [1.82, 2.24) is 0 Å². The first-order valence-corrected chi connectivity index (χ1v) is 17.7. The molecule has 8 aromatic carbocycles. The van der Waals surface area contributed by atoms with Crippen molar-refractivity contribution in [3.05, 3.63) is 182 Å². The highest BCUT2D eigenvalue weighted by Gasteiger charge is 2.35. The number of fused-ring (bicyclic) bond motifs is 11. The molecule has 0 amide bonds. The van der Waals surface area contributed by atoms with Gasteiger partial charge in [0, 0.05) is 45.2 Å². The molecule has 0 saturated carbocycles. The predicted octanol–water partition coefficient (Wildman–Crippen LogP) is 13.4. The van der Waals surface area contributed by atoms with Gasteiger partial charge in [-0.05, 0) is 98.9 Å². The van der Waals surface area contributed by atoms with Crippen LogP contribution < -0.4 is 9.80 Å². The third-order valence-corrected chi connectivity index (χ3v) is 10.9. The molecule has 51 heavy (non-hydrogen) atoms. The Hall–Kier alpha value is -6.58. The quantitative estimate of drug-likeness (QED) is 0.176. The fourth-order valence-electron chi connectivity index (χ4n) is 8.56. The van der Waals surface area contributed by atoms with Crippen LogP contribution in [-0.4, -0.2) is 6.04 Å². The monoisotopic (exact) mass is 652 g/mol. The van der Waals surface area contributed by atoms with Crippen molar-refractivity contribution in [3.63, 3.8) is 0 Å². The van der Waals surface area contributed by atoms with Crippen LogP contribution in [0.25, 0.3) is 59.8 Å². The number of benzene rings is 8. The maximum atomic E-state index is 6.45. The number of hydrogen-bond donors (Lipinski definition) is 0. The molecule has 2 heterocycles. The Morgan fingerprint density at radius 3 is 2.06 bits per heavy atom. The lowest BCUT2D eigenvalue weighted by Gasteiger charge is -2.30. The second-order valence-corrected chi connectivity index (χ2v) is 13.7. The highest BCUT2D eigenvalue weighted by molar-refractivity contribution is 6.18. The molecule has 2 aliphatic rings. The van der Waals surface area contributed by atoms with Gasteiger partial charge in [-0.25, -0.2) is 0 Å². The molecule has 0 spiro atoms. The normalized spacial score (nSPS) is 15.2. The zero-order valence-corrected chi connectivity index (χ0v) is 27.8. The lowest BCUT2D eigenvalue weighted by Crippen LogP contribution is -2.27. The minimum absolute atomic E-state index is 0.268. The topological polar surface area (TPSA) is 19.6 Å². The Morgan fingerprint density at radius 1 is 0.510 bits per heavy atom. The van der Waals surface area contributed by atoms with E-state index < -0.39 is 0 Å². The molecule has 3 heteroatoms. The molecule has 0 saturated heterocycles. The van der Waals surface area contributed by atoms with Gasteiger partial charge >= 0.3 is 0 Å². The van der Waals surface area contributed by atoms with E-state index in [0.717, 1.165) is 45.4 Å². The lowest BCUT2D eigenvalue weighted by molar-refractivity contribution is 0.669. The van der Waals surface area contributed by atoms with Crippen molar-refractivity contribution in [2.75, 3.05) is 9.80 Å². The standard InChI is InChI=1S/C48H32N2O/c1-2-11-33(12-3-1)50-45-16-8-6-14-40(45)41-26-22-35(29-46(41)50)49(36-23-27-43-42-15-7-9-17-47(42)51-48(43)30-36)34-21-18-32-20-24-38-37-13-5-4-10-31(37)19-25-39(38)44(32)28-34/h1-15,17-30,45H,16H2. The van der Waals surface area contributed by atoms with Crippen LogP contribution in [-0.2, 0) is 0 Å². The third kappa shape index (κ3) is 4.31. The summed E-state index contributed by atoms with van der Waals surface area (Å²) >= 11 is 0. The maximum absolute atomic E-state index is 6.45. The molecule has 0 N–H and O–H groups in total. The number of allylic oxidation sites excluding steroid dienone is 2. The van der Waals surface area contributed by atoms with Crippen molar-refractivity contribution >= 4 is 88.3 Å². The summed E-state index contributed by atoms with van der Waals surface area (Å²) in [6, 6.07) is 57.6. The fraction of sp³-hybridized carbons (Fsp3) is 0.0417. The second-order valence-electron chi connectivity index (χ2n) is 13.7. The van der Waals surface area contributed by atoms with Crippen molar-refractivity contribution in [3.8, 4) is 0 Å². The SMILES string of the molecule is C1=CCC2C(=C1)c1ccc(N(c3ccc4c(c3)oc3ccccc34)c3ccc4ccc5c6ccccc6ccc5c4c3)cc1N2c1ccccc1. The van der Waals surface area contributed by atoms with Gasteiger partial charge in [0.25, 0.3) is 0 Å². The van der Waals surface area contributed by atoms with Gasteiger partial charge in [0.15, 0.2) is 0 Å². The van der Waals surface area contributed by atoms with Gasteiger partial charge in [-0.15, -0.1) is 0 Å². The average molecular weight is 653 g/mol. The summed E-state index contributed by atoms with van der Waals surface area (Å²) in [5.74, 6) is 0. The van der Waals surface area contributed by atoms with Crippen LogP contribution in [0.4, 0.5) is 28.4 Å². The van der Waals surface area contributed by atoms with E-state index in [4.69, 9.17) is 4.42 Å². The summed E-state index contributed by atoms with van der Waals surface area (Å²) in [6.07, 6.45) is 7.76. The Balaban J connectivity index is 1.15. The number of furan rings is 1. The molecule has 1 aromatic heterocycles. The van der Waals surface area contributed by atoms with E-state index in [1.807, 2.05) is 12.1 Å². The number of rotatable bonds is 4. The smallest absolute Gasteiger partial charge is 0.137 e. The molecule has 1 aliphatic carbocycles. The molecule has 9 aromatic rings. The van der Waals surface area contributed by atoms with Gasteiger partial charge in [-0.2, -0.15) is 0 Å². The van der Waals surface area contributed by atoms with E-state index in [1.54, 1.807) is 0 Å². The number of nitrogens with zero attached hydrogens (tertiary/aromatic N) is 2. The van der Waals surface area contributed by atoms with Crippen LogP contribution in [0.15, 0.2) is 180 Å². The van der Waals surface area contributed by atoms with Gasteiger partial charge in [-0.3, -0.25) is 0 Å². The Kier molecular flexibility index (Phi) is 6.08. The summed E-state index contributed by atoms with van der Waals surface area (Å²) in [4.78, 5) is 4.91. The highest BCUT2D eigenvalue weighted by atomic mass is 16.3. The van der Waals surface area contributed by atoms with Crippen molar-refractivity contribution in [2.45, 2.75) is 12.5 Å². The maximum Gasteiger partial charge on any atom is 0.137 e. The Bertz CT molecular complexity index is 2920. The van der Waals surface area contributed by atoms with E-state index in [0.29, 0.717) is 0 Å². The first kappa shape index (κ1) is 28.3. The Morgan fingerprint density at radius 2 is 1.16 bits per heavy atom. The minimum atomic E-state index is 0.268.